The highest BCUT2D eigenvalue weighted by molar-refractivity contribution is 7.52. The predicted octanol–water partition coefficient (Wildman–Crippen LogP) is -1.03. The zero-order chi connectivity index (χ0) is 37.1. The Kier molecular flexibility index (Phi) is 29.1. The van der Waals surface area contributed by atoms with Crippen LogP contribution in [0.15, 0.2) is 0 Å². The fraction of sp³-hybridized carbons (Fsp3) is 1.00. The first-order valence-corrected chi connectivity index (χ1v) is 23.3. The summed E-state index contributed by atoms with van der Waals surface area (Å²) in [6.45, 7) is -4.83. The molecule has 0 rings (SSSR count). The summed E-state index contributed by atoms with van der Waals surface area (Å²) < 4.78 is 115. The SMILES string of the molecule is C.C.CNCC(COP(C)(=O)[O-])COP(=O)([O-])OCCOP(=O)([O-])OCCOP(=O)([O-])OCCOP(=O)([O-])OCC(CNC)COP(C)(=O)O. The first-order chi connectivity index (χ1) is 21.9. The lowest BCUT2D eigenvalue weighted by molar-refractivity contribution is -0.237. The van der Waals surface area contributed by atoms with Crippen LogP contribution in [0.25, 0.3) is 0 Å². The molecule has 0 aromatic heterocycles. The van der Waals surface area contributed by atoms with Crippen molar-refractivity contribution in [2.75, 3.05) is 107 Å². The van der Waals surface area contributed by atoms with Crippen LogP contribution in [0.4, 0.5) is 0 Å². The molecule has 8 atom stereocenters. The minimum Gasteiger partial charge on any atom is -0.779 e. The second-order valence-corrected chi connectivity index (χ2v) is 18.7. The van der Waals surface area contributed by atoms with Gasteiger partial charge in [0.25, 0.3) is 31.3 Å². The molecule has 50 heavy (non-hydrogen) atoms. The van der Waals surface area contributed by atoms with E-state index in [1.807, 2.05) is 0 Å². The van der Waals surface area contributed by atoms with Gasteiger partial charge in [-0.3, -0.25) is 22.8 Å². The first-order valence-electron chi connectivity index (χ1n) is 13.5. The maximum atomic E-state index is 11.9. The summed E-state index contributed by atoms with van der Waals surface area (Å²) in [5.41, 5.74) is 0. The molecule has 0 saturated carbocycles. The molecule has 0 heterocycles. The second kappa shape index (κ2) is 26.5. The van der Waals surface area contributed by atoms with Crippen molar-refractivity contribution in [2.45, 2.75) is 14.9 Å². The van der Waals surface area contributed by atoms with Crippen molar-refractivity contribution in [3.8, 4) is 0 Å². The molecule has 3 N–H and O–H groups in total. The maximum Gasteiger partial charge on any atom is 0.325 e. The van der Waals surface area contributed by atoms with Gasteiger partial charge >= 0.3 is 7.60 Å². The first kappa shape index (κ1) is 55.0. The van der Waals surface area contributed by atoms with Gasteiger partial charge in [0.05, 0.1) is 66.1 Å². The van der Waals surface area contributed by atoms with Crippen LogP contribution < -0.4 is 35.1 Å². The molecule has 8 unspecified atom stereocenters. The van der Waals surface area contributed by atoms with Crippen molar-refractivity contribution in [3.63, 3.8) is 0 Å². The molecule has 306 valence electrons. The Morgan fingerprint density at radius 3 is 0.960 bits per heavy atom. The predicted molar refractivity (Wildman–Crippen MR) is 168 cm³/mol. The van der Waals surface area contributed by atoms with Gasteiger partial charge in [0.2, 0.25) is 0 Å². The Labute approximate surface area is 292 Å². The van der Waals surface area contributed by atoms with E-state index in [2.05, 4.69) is 51.3 Å². The highest BCUT2D eigenvalue weighted by Crippen LogP contribution is 2.43. The molecule has 0 fully saturated rings. The minimum atomic E-state index is -5.09. The third-order valence-corrected chi connectivity index (χ3v) is 9.93. The topological polar surface area (TPSA) is 354 Å². The van der Waals surface area contributed by atoms with E-state index in [-0.39, 0.29) is 41.2 Å². The molecule has 0 aliphatic carbocycles. The summed E-state index contributed by atoms with van der Waals surface area (Å²) in [6, 6.07) is 0. The summed E-state index contributed by atoms with van der Waals surface area (Å²) in [5, 5.41) is 5.41. The van der Waals surface area contributed by atoms with E-state index in [1.54, 1.807) is 0 Å². The summed E-state index contributed by atoms with van der Waals surface area (Å²) in [6.07, 6.45) is 0. The Morgan fingerprint density at radius 2 is 0.720 bits per heavy atom. The molecule has 0 spiro atoms. The van der Waals surface area contributed by atoms with E-state index in [0.29, 0.717) is 0 Å². The summed E-state index contributed by atoms with van der Waals surface area (Å²) in [4.78, 5) is 67.6. The average molecular weight is 855 g/mol. The number of hydrogen-bond donors (Lipinski definition) is 3. The zero-order valence-corrected chi connectivity index (χ0v) is 31.7. The monoisotopic (exact) mass is 855 g/mol. The molecule has 0 amide bonds. The van der Waals surface area contributed by atoms with Gasteiger partial charge in [-0.1, -0.05) is 14.9 Å². The normalized spacial score (nSPS) is 20.3. The van der Waals surface area contributed by atoms with Gasteiger partial charge in [0.1, 0.15) is 7.60 Å². The standard InChI is InChI=1S/C18H46N2O22P6.2CH4/c1-19-11-17(13-39-43(3,21)22)15-41-47(29,30)37-9-7-35-45(25,26)33-5-6-34-46(27,28)36-8-10-38-48(31,32)42-16-18(12-20-2)14-40-44(4,23)24;;/h17-20H,5-16H2,1-4H3,(H,21,22)(H,23,24)(H,25,26)(H,27,28)(H,29,30)(H,31,32);2*1H4/p-5. The van der Waals surface area contributed by atoms with Crippen LogP contribution in [0.2, 0.25) is 0 Å². The van der Waals surface area contributed by atoms with Crippen LogP contribution in [0.3, 0.4) is 0 Å². The highest BCUT2D eigenvalue weighted by Gasteiger charge is 2.20. The van der Waals surface area contributed by atoms with Crippen LogP contribution in [-0.2, 0) is 72.6 Å². The largest absolute Gasteiger partial charge is 0.779 e. The second-order valence-electron chi connectivity index (χ2n) is 9.39. The number of phosphoric ester groups is 4. The van der Waals surface area contributed by atoms with Crippen LogP contribution in [0, 0.1) is 11.8 Å². The van der Waals surface area contributed by atoms with Crippen molar-refractivity contribution in [3.05, 3.63) is 0 Å². The zero-order valence-electron chi connectivity index (χ0n) is 26.3. The molecule has 0 bridgehead atoms. The van der Waals surface area contributed by atoms with Gasteiger partial charge in [-0.05, 0) is 14.1 Å². The van der Waals surface area contributed by atoms with Crippen molar-refractivity contribution in [1.82, 2.24) is 10.6 Å². The molecule has 0 saturated heterocycles. The maximum absolute atomic E-state index is 11.9. The van der Waals surface area contributed by atoms with E-state index in [4.69, 9.17) is 4.52 Å². The van der Waals surface area contributed by atoms with Gasteiger partial charge in [-0.15, -0.1) is 0 Å². The Morgan fingerprint density at radius 1 is 0.480 bits per heavy atom. The van der Waals surface area contributed by atoms with Crippen LogP contribution in [0.5, 0.6) is 0 Å². The van der Waals surface area contributed by atoms with E-state index < -0.39 is 111 Å². The number of nitrogens with one attached hydrogen (secondary N) is 2. The van der Waals surface area contributed by atoms with Crippen LogP contribution in [0.1, 0.15) is 14.9 Å². The lowest BCUT2D eigenvalue weighted by Crippen LogP contribution is -2.28. The molecule has 0 aromatic carbocycles. The number of phosphoric acid groups is 4. The van der Waals surface area contributed by atoms with E-state index >= 15 is 0 Å². The number of hydrogen-bond acceptors (Lipinski definition) is 23. The quantitative estimate of drug-likeness (QED) is 0.0554. The van der Waals surface area contributed by atoms with E-state index in [9.17, 15) is 56.8 Å². The van der Waals surface area contributed by atoms with Crippen molar-refractivity contribution in [1.29, 1.82) is 0 Å². The van der Waals surface area contributed by atoms with Gasteiger partial charge in [-0.25, -0.2) is 0 Å². The fourth-order valence-corrected chi connectivity index (χ4v) is 6.67. The molecular formula is C20H49N2O22P6-5. The number of rotatable bonds is 31. The minimum absolute atomic E-state index is 0. The smallest absolute Gasteiger partial charge is 0.325 e. The Bertz CT molecular complexity index is 1110. The van der Waals surface area contributed by atoms with E-state index in [1.165, 1.54) is 14.1 Å². The Balaban J connectivity index is -0.0000110. The molecular weight excluding hydrogens is 806 g/mol. The lowest BCUT2D eigenvalue weighted by Gasteiger charge is -2.28. The molecule has 30 heteroatoms. The average Bonchev–Trinajstić information content (AvgIpc) is 2.94. The van der Waals surface area contributed by atoms with Crippen LogP contribution in [-0.4, -0.2) is 111 Å². The summed E-state index contributed by atoms with van der Waals surface area (Å²) in [5.74, 6) is -1.37. The molecule has 0 aliphatic heterocycles. The molecule has 24 nitrogen and oxygen atoms in total. The van der Waals surface area contributed by atoms with Crippen molar-refractivity contribution in [2.24, 2.45) is 11.8 Å². The summed E-state index contributed by atoms with van der Waals surface area (Å²) in [7, 11) is -24.9. The van der Waals surface area contributed by atoms with E-state index in [0.717, 1.165) is 13.3 Å². The Hall–Kier alpha value is 0.660. The van der Waals surface area contributed by atoms with Crippen molar-refractivity contribution >= 4 is 46.5 Å². The van der Waals surface area contributed by atoms with Gasteiger partial charge in [-0.2, -0.15) is 0 Å². The molecule has 0 aliphatic rings. The highest BCUT2D eigenvalue weighted by atomic mass is 31.2. The lowest BCUT2D eigenvalue weighted by atomic mass is 10.2. The van der Waals surface area contributed by atoms with Gasteiger partial charge in [0, 0.05) is 38.3 Å². The summed E-state index contributed by atoms with van der Waals surface area (Å²) >= 11 is 0. The third kappa shape index (κ3) is 33.2. The fourth-order valence-electron chi connectivity index (χ4n) is 2.83. The third-order valence-electron chi connectivity index (χ3n) is 4.76. The molecule has 0 aromatic rings. The molecule has 0 radical (unpaired) electrons. The van der Waals surface area contributed by atoms with Crippen LogP contribution >= 0.6 is 46.5 Å². The van der Waals surface area contributed by atoms with Crippen molar-refractivity contribution < 1.29 is 102 Å². The van der Waals surface area contributed by atoms with Gasteiger partial charge in [0.15, 0.2) is 0 Å². The van der Waals surface area contributed by atoms with Gasteiger partial charge < -0.3 is 89.8 Å².